The number of benzene rings is 1. The highest BCUT2D eigenvalue weighted by Crippen LogP contribution is 2.14. The van der Waals surface area contributed by atoms with Crippen molar-refractivity contribution in [3.63, 3.8) is 0 Å². The smallest absolute Gasteiger partial charge is 0.305 e. The molecular formula is C18H26N2O6S. The van der Waals surface area contributed by atoms with E-state index in [0.29, 0.717) is 32.4 Å². The van der Waals surface area contributed by atoms with Gasteiger partial charge >= 0.3 is 5.97 Å². The molecule has 0 spiro atoms. The molecule has 1 aliphatic rings. The molecule has 1 aromatic carbocycles. The van der Waals surface area contributed by atoms with E-state index >= 15 is 0 Å². The molecule has 0 saturated carbocycles. The zero-order valence-electron chi connectivity index (χ0n) is 15.4. The summed E-state index contributed by atoms with van der Waals surface area (Å²) in [5.41, 5.74) is 0.267. The number of nitrogens with one attached hydrogen (secondary N) is 2. The zero-order chi connectivity index (χ0) is 19.7. The van der Waals surface area contributed by atoms with Gasteiger partial charge in [0.05, 0.1) is 18.1 Å². The maximum absolute atomic E-state index is 12.4. The Kier molecular flexibility index (Phi) is 8.21. The minimum Gasteiger partial charge on any atom is -0.469 e. The highest BCUT2D eigenvalue weighted by Gasteiger charge is 2.21. The Morgan fingerprint density at radius 1 is 1.30 bits per heavy atom. The van der Waals surface area contributed by atoms with Crippen molar-refractivity contribution in [1.82, 2.24) is 10.0 Å². The Hall–Kier alpha value is -1.97. The Morgan fingerprint density at radius 2 is 2.11 bits per heavy atom. The third-order valence-electron chi connectivity index (χ3n) is 4.25. The van der Waals surface area contributed by atoms with Gasteiger partial charge in [-0.2, -0.15) is 0 Å². The molecule has 1 unspecified atom stereocenters. The normalized spacial score (nSPS) is 16.9. The van der Waals surface area contributed by atoms with Gasteiger partial charge in [-0.25, -0.2) is 13.1 Å². The van der Waals surface area contributed by atoms with Crippen molar-refractivity contribution in [2.24, 2.45) is 0 Å². The van der Waals surface area contributed by atoms with E-state index in [1.54, 1.807) is 6.07 Å². The zero-order valence-corrected chi connectivity index (χ0v) is 16.2. The van der Waals surface area contributed by atoms with Crippen LogP contribution in [0.5, 0.6) is 0 Å². The summed E-state index contributed by atoms with van der Waals surface area (Å²) in [6.07, 6.45) is 3.20. The second-order valence-electron chi connectivity index (χ2n) is 6.30. The van der Waals surface area contributed by atoms with Gasteiger partial charge in [0, 0.05) is 31.7 Å². The maximum atomic E-state index is 12.4. The van der Waals surface area contributed by atoms with E-state index in [-0.39, 0.29) is 35.0 Å². The topological polar surface area (TPSA) is 111 Å². The van der Waals surface area contributed by atoms with E-state index in [1.807, 2.05) is 0 Å². The second-order valence-corrected chi connectivity index (χ2v) is 8.07. The molecule has 1 heterocycles. The van der Waals surface area contributed by atoms with Gasteiger partial charge < -0.3 is 14.8 Å². The van der Waals surface area contributed by atoms with E-state index in [2.05, 4.69) is 14.8 Å². The molecule has 2 N–H and O–H groups in total. The van der Waals surface area contributed by atoms with E-state index in [4.69, 9.17) is 4.74 Å². The number of hydrogen-bond acceptors (Lipinski definition) is 6. The molecule has 1 aliphatic heterocycles. The van der Waals surface area contributed by atoms with E-state index < -0.39 is 10.0 Å². The third-order valence-corrected chi connectivity index (χ3v) is 5.67. The number of esters is 1. The van der Waals surface area contributed by atoms with E-state index in [0.717, 1.165) is 12.8 Å². The monoisotopic (exact) mass is 398 g/mol. The molecule has 1 fully saturated rings. The molecule has 0 aromatic heterocycles. The SMILES string of the molecule is COC(=O)CCCCNC(=O)c1cccc(S(=O)(=O)NCC2CCCO2)c1. The van der Waals surface area contributed by atoms with E-state index in [1.165, 1.54) is 25.3 Å². The number of amides is 1. The Balaban J connectivity index is 1.85. The fourth-order valence-electron chi connectivity index (χ4n) is 2.70. The van der Waals surface area contributed by atoms with Crippen LogP contribution in [0.2, 0.25) is 0 Å². The first-order valence-electron chi connectivity index (χ1n) is 8.99. The summed E-state index contributed by atoms with van der Waals surface area (Å²) in [5, 5.41) is 2.72. The largest absolute Gasteiger partial charge is 0.469 e. The molecule has 0 bridgehead atoms. The molecule has 2 rings (SSSR count). The molecule has 1 amide bonds. The summed E-state index contributed by atoms with van der Waals surface area (Å²) in [6.45, 7) is 1.27. The Morgan fingerprint density at radius 3 is 2.81 bits per heavy atom. The quantitative estimate of drug-likeness (QED) is 0.453. The molecule has 150 valence electrons. The van der Waals surface area contributed by atoms with Crippen LogP contribution in [0.25, 0.3) is 0 Å². The average molecular weight is 398 g/mol. The first-order chi connectivity index (χ1) is 12.9. The Labute approximate surface area is 159 Å². The van der Waals surface area contributed by atoms with Gasteiger partial charge in [0.2, 0.25) is 10.0 Å². The fourth-order valence-corrected chi connectivity index (χ4v) is 3.81. The van der Waals surface area contributed by atoms with Gasteiger partial charge in [-0.1, -0.05) is 6.07 Å². The second kappa shape index (κ2) is 10.4. The molecule has 1 aromatic rings. The van der Waals surface area contributed by atoms with Crippen LogP contribution in [0.4, 0.5) is 0 Å². The maximum Gasteiger partial charge on any atom is 0.305 e. The fraction of sp³-hybridized carbons (Fsp3) is 0.556. The molecule has 1 atom stereocenters. The summed E-state index contributed by atoms with van der Waals surface area (Å²) in [4.78, 5) is 23.3. The van der Waals surface area contributed by atoms with E-state index in [9.17, 15) is 18.0 Å². The number of unbranched alkanes of at least 4 members (excludes halogenated alkanes) is 1. The molecule has 1 saturated heterocycles. The predicted molar refractivity (Wildman–Crippen MR) is 98.8 cm³/mol. The number of ether oxygens (including phenoxy) is 2. The summed E-state index contributed by atoms with van der Waals surface area (Å²) in [7, 11) is -2.37. The lowest BCUT2D eigenvalue weighted by Gasteiger charge is -2.12. The molecule has 27 heavy (non-hydrogen) atoms. The van der Waals surface area contributed by atoms with Crippen LogP contribution in [0.15, 0.2) is 29.2 Å². The van der Waals surface area contributed by atoms with Crippen molar-refractivity contribution < 1.29 is 27.5 Å². The number of hydrogen-bond donors (Lipinski definition) is 2. The highest BCUT2D eigenvalue weighted by molar-refractivity contribution is 7.89. The van der Waals surface area contributed by atoms with Crippen molar-refractivity contribution in [3.8, 4) is 0 Å². The summed E-state index contributed by atoms with van der Waals surface area (Å²) in [5.74, 6) is -0.640. The number of methoxy groups -OCH3 is 1. The molecule has 0 aliphatic carbocycles. The van der Waals surface area contributed by atoms with Gasteiger partial charge in [-0.15, -0.1) is 0 Å². The number of sulfonamides is 1. The first kappa shape index (κ1) is 21.3. The van der Waals surface area contributed by atoms with Crippen LogP contribution < -0.4 is 10.0 Å². The molecule has 9 heteroatoms. The lowest BCUT2D eigenvalue weighted by atomic mass is 10.2. The first-order valence-corrected chi connectivity index (χ1v) is 10.5. The predicted octanol–water partition coefficient (Wildman–Crippen LogP) is 1.22. The number of carbonyl (C=O) groups is 2. The Bertz CT molecular complexity index is 744. The van der Waals surface area contributed by atoms with Crippen LogP contribution in [0, 0.1) is 0 Å². The molecule has 8 nitrogen and oxygen atoms in total. The van der Waals surface area contributed by atoms with Crippen LogP contribution in [-0.2, 0) is 24.3 Å². The van der Waals surface area contributed by atoms with Crippen LogP contribution in [0.3, 0.4) is 0 Å². The lowest BCUT2D eigenvalue weighted by molar-refractivity contribution is -0.140. The number of rotatable bonds is 10. The average Bonchev–Trinajstić information content (AvgIpc) is 3.19. The summed E-state index contributed by atoms with van der Waals surface area (Å²) < 4.78 is 37.3. The van der Waals surface area contributed by atoms with Crippen LogP contribution in [0.1, 0.15) is 42.5 Å². The van der Waals surface area contributed by atoms with Crippen molar-refractivity contribution in [2.75, 3.05) is 26.8 Å². The van der Waals surface area contributed by atoms with Gasteiger partial charge in [0.25, 0.3) is 5.91 Å². The standard InChI is InChI=1S/C18H26N2O6S/c1-25-17(21)9-2-3-10-19-18(22)14-6-4-8-16(12-14)27(23,24)20-13-15-7-5-11-26-15/h4,6,8,12,15,20H,2-3,5,7,9-11,13H2,1H3,(H,19,22). The van der Waals surface area contributed by atoms with Crippen molar-refractivity contribution in [2.45, 2.75) is 43.1 Å². The minimum atomic E-state index is -3.71. The van der Waals surface area contributed by atoms with Crippen molar-refractivity contribution >= 4 is 21.9 Å². The van der Waals surface area contributed by atoms with Crippen LogP contribution >= 0.6 is 0 Å². The van der Waals surface area contributed by atoms with Gasteiger partial charge in [0.15, 0.2) is 0 Å². The summed E-state index contributed by atoms with van der Waals surface area (Å²) >= 11 is 0. The van der Waals surface area contributed by atoms with Gasteiger partial charge in [-0.05, 0) is 43.9 Å². The van der Waals surface area contributed by atoms with Crippen LogP contribution in [-0.4, -0.2) is 53.2 Å². The van der Waals surface area contributed by atoms with Crippen molar-refractivity contribution in [1.29, 1.82) is 0 Å². The molecular weight excluding hydrogens is 372 g/mol. The number of carbonyl (C=O) groups excluding carboxylic acids is 2. The molecule has 0 radical (unpaired) electrons. The van der Waals surface area contributed by atoms with Gasteiger partial charge in [-0.3, -0.25) is 9.59 Å². The van der Waals surface area contributed by atoms with Gasteiger partial charge in [0.1, 0.15) is 0 Å². The summed E-state index contributed by atoms with van der Waals surface area (Å²) in [6, 6.07) is 5.89. The lowest BCUT2D eigenvalue weighted by Crippen LogP contribution is -2.32. The minimum absolute atomic E-state index is 0.0406. The van der Waals surface area contributed by atoms with Crippen molar-refractivity contribution in [3.05, 3.63) is 29.8 Å². The highest BCUT2D eigenvalue weighted by atomic mass is 32.2. The third kappa shape index (κ3) is 6.93.